The molecule has 3 aliphatic rings. The third-order valence-corrected chi connectivity index (χ3v) is 7.17. The Hall–Kier alpha value is -2.59. The first-order valence-corrected chi connectivity index (χ1v) is 12.6. The SMILES string of the molecule is O=C1CC(c2ccccc2)C(C(=O)N2CCOCC2)C(=O)C1=CNCCN1CCN(CCO)CC1. The van der Waals surface area contributed by atoms with Gasteiger partial charge in [-0.2, -0.15) is 0 Å². The molecule has 190 valence electrons. The van der Waals surface area contributed by atoms with E-state index in [2.05, 4.69) is 15.1 Å². The summed E-state index contributed by atoms with van der Waals surface area (Å²) >= 11 is 0. The number of ketones is 2. The van der Waals surface area contributed by atoms with Crippen LogP contribution in [0.4, 0.5) is 0 Å². The van der Waals surface area contributed by atoms with Gasteiger partial charge < -0.3 is 20.1 Å². The van der Waals surface area contributed by atoms with Gasteiger partial charge in [0.15, 0.2) is 11.6 Å². The number of piperazine rings is 1. The molecular weight excluding hydrogens is 448 g/mol. The van der Waals surface area contributed by atoms with E-state index < -0.39 is 17.6 Å². The molecule has 35 heavy (non-hydrogen) atoms. The highest BCUT2D eigenvalue weighted by molar-refractivity contribution is 6.27. The Balaban J connectivity index is 1.41. The Morgan fingerprint density at radius 1 is 1.00 bits per heavy atom. The maximum atomic E-state index is 13.6. The monoisotopic (exact) mass is 484 g/mol. The second-order valence-electron chi connectivity index (χ2n) is 9.34. The van der Waals surface area contributed by atoms with Crippen molar-refractivity contribution in [2.24, 2.45) is 5.92 Å². The molecule has 9 nitrogen and oxygen atoms in total. The Morgan fingerprint density at radius 2 is 1.66 bits per heavy atom. The van der Waals surface area contributed by atoms with Gasteiger partial charge in [0.25, 0.3) is 0 Å². The molecule has 0 bridgehead atoms. The third kappa shape index (κ3) is 6.35. The van der Waals surface area contributed by atoms with E-state index in [0.717, 1.165) is 38.3 Å². The third-order valence-electron chi connectivity index (χ3n) is 7.17. The number of aliphatic hydroxyl groups is 1. The maximum Gasteiger partial charge on any atom is 0.234 e. The molecule has 0 radical (unpaired) electrons. The van der Waals surface area contributed by atoms with Gasteiger partial charge in [0.1, 0.15) is 5.92 Å². The van der Waals surface area contributed by atoms with E-state index in [1.54, 1.807) is 4.90 Å². The lowest BCUT2D eigenvalue weighted by molar-refractivity contribution is -0.146. The van der Waals surface area contributed by atoms with Crippen LogP contribution in [0.5, 0.6) is 0 Å². The summed E-state index contributed by atoms with van der Waals surface area (Å²) in [6, 6.07) is 9.40. The summed E-state index contributed by atoms with van der Waals surface area (Å²) in [5.74, 6) is -2.19. The van der Waals surface area contributed by atoms with Crippen LogP contribution in [0.3, 0.4) is 0 Å². The number of β-amino-alcohol motifs (C(OH)–C–C–N with tert-alkyl or cyclic N) is 1. The molecule has 4 rings (SSSR count). The molecule has 2 unspecified atom stereocenters. The minimum absolute atomic E-state index is 0.0940. The minimum atomic E-state index is -0.902. The lowest BCUT2D eigenvalue weighted by Gasteiger charge is -2.36. The minimum Gasteiger partial charge on any atom is -0.395 e. The number of hydrogen-bond donors (Lipinski definition) is 2. The van der Waals surface area contributed by atoms with E-state index in [0.29, 0.717) is 39.4 Å². The summed E-state index contributed by atoms with van der Waals surface area (Å²) in [4.78, 5) is 46.3. The van der Waals surface area contributed by atoms with Gasteiger partial charge in [-0.3, -0.25) is 24.2 Å². The van der Waals surface area contributed by atoms with Crippen molar-refractivity contribution in [1.82, 2.24) is 20.0 Å². The Bertz CT molecular complexity index is 908. The van der Waals surface area contributed by atoms with Gasteiger partial charge in [0, 0.05) is 77.4 Å². The highest BCUT2D eigenvalue weighted by Gasteiger charge is 2.46. The molecule has 1 aliphatic carbocycles. The first-order valence-electron chi connectivity index (χ1n) is 12.6. The standard InChI is InChI=1S/C26H36N4O5/c31-15-12-29-10-8-28(9-11-29)7-6-27-19-22-23(32)18-21(20-4-2-1-3-5-20)24(25(22)33)26(34)30-13-16-35-17-14-30/h1-5,19,21,24,27,31H,6-18H2. The van der Waals surface area contributed by atoms with Gasteiger partial charge in [-0.1, -0.05) is 30.3 Å². The zero-order chi connectivity index (χ0) is 24.6. The van der Waals surface area contributed by atoms with E-state index >= 15 is 0 Å². The molecule has 2 atom stereocenters. The number of benzene rings is 1. The summed E-state index contributed by atoms with van der Waals surface area (Å²) in [6.07, 6.45) is 1.66. The van der Waals surface area contributed by atoms with Crippen LogP contribution in [-0.2, 0) is 19.1 Å². The van der Waals surface area contributed by atoms with Crippen LogP contribution in [0, 0.1) is 5.92 Å². The second kappa shape index (κ2) is 12.4. The molecule has 0 aromatic heterocycles. The van der Waals surface area contributed by atoms with Gasteiger partial charge in [0.2, 0.25) is 5.91 Å². The molecule has 1 aromatic rings. The Kier molecular flexibility index (Phi) is 9.03. The lowest BCUT2D eigenvalue weighted by atomic mass is 9.71. The highest BCUT2D eigenvalue weighted by atomic mass is 16.5. The number of nitrogens with zero attached hydrogens (tertiary/aromatic N) is 3. The lowest BCUT2D eigenvalue weighted by Crippen LogP contribution is -2.50. The molecule has 2 aliphatic heterocycles. The van der Waals surface area contributed by atoms with Crippen molar-refractivity contribution < 1.29 is 24.2 Å². The largest absolute Gasteiger partial charge is 0.395 e. The van der Waals surface area contributed by atoms with Crippen LogP contribution in [0.2, 0.25) is 0 Å². The first kappa shape index (κ1) is 25.5. The number of carbonyl (C=O) groups excluding carboxylic acids is 3. The summed E-state index contributed by atoms with van der Waals surface area (Å²) in [5, 5.41) is 12.2. The number of Topliss-reactive ketones (excluding diaryl/α,β-unsaturated/α-hetero) is 2. The number of nitrogens with one attached hydrogen (secondary N) is 1. The van der Waals surface area contributed by atoms with Crippen LogP contribution < -0.4 is 5.32 Å². The van der Waals surface area contributed by atoms with E-state index in [1.807, 2.05) is 30.3 Å². The van der Waals surface area contributed by atoms with E-state index in [9.17, 15) is 14.4 Å². The van der Waals surface area contributed by atoms with Gasteiger partial charge >= 0.3 is 0 Å². The van der Waals surface area contributed by atoms with E-state index in [1.165, 1.54) is 6.20 Å². The van der Waals surface area contributed by atoms with Crippen molar-refractivity contribution in [2.45, 2.75) is 12.3 Å². The first-order chi connectivity index (χ1) is 17.1. The van der Waals surface area contributed by atoms with Crippen molar-refractivity contribution in [3.63, 3.8) is 0 Å². The summed E-state index contributed by atoms with van der Waals surface area (Å²) < 4.78 is 5.38. The smallest absolute Gasteiger partial charge is 0.234 e. The average molecular weight is 485 g/mol. The van der Waals surface area contributed by atoms with Crippen LogP contribution in [0.15, 0.2) is 42.1 Å². The predicted octanol–water partition coefficient (Wildman–Crippen LogP) is -0.129. The number of amides is 1. The number of carbonyl (C=O) groups is 3. The number of ether oxygens (including phenoxy) is 1. The highest BCUT2D eigenvalue weighted by Crippen LogP contribution is 2.37. The number of rotatable bonds is 8. The molecule has 9 heteroatoms. The van der Waals surface area contributed by atoms with E-state index in [-0.39, 0.29) is 30.3 Å². The number of aliphatic hydroxyl groups excluding tert-OH is 1. The topological polar surface area (TPSA) is 102 Å². The number of allylic oxidation sites excluding steroid dienone is 1. The molecule has 1 aromatic carbocycles. The number of morpholine rings is 1. The Morgan fingerprint density at radius 3 is 2.31 bits per heavy atom. The normalized spacial score (nSPS) is 25.7. The van der Waals surface area contributed by atoms with Crippen LogP contribution in [0.1, 0.15) is 17.9 Å². The molecule has 2 saturated heterocycles. The second-order valence-corrected chi connectivity index (χ2v) is 9.34. The van der Waals surface area contributed by atoms with Crippen molar-refractivity contribution in [3.05, 3.63) is 47.7 Å². The molecule has 1 saturated carbocycles. The summed E-state index contributed by atoms with van der Waals surface area (Å²) in [6.45, 7) is 7.80. The van der Waals surface area contributed by atoms with Crippen LogP contribution in [-0.4, -0.2) is 116 Å². The average Bonchev–Trinajstić information content (AvgIpc) is 2.89. The van der Waals surface area contributed by atoms with Crippen molar-refractivity contribution in [1.29, 1.82) is 0 Å². The predicted molar refractivity (Wildman–Crippen MR) is 131 cm³/mol. The van der Waals surface area contributed by atoms with Crippen molar-refractivity contribution >= 4 is 17.5 Å². The van der Waals surface area contributed by atoms with Gasteiger partial charge in [-0.25, -0.2) is 0 Å². The molecular formula is C26H36N4O5. The zero-order valence-electron chi connectivity index (χ0n) is 20.2. The van der Waals surface area contributed by atoms with Gasteiger partial charge in [0.05, 0.1) is 25.4 Å². The number of hydrogen-bond acceptors (Lipinski definition) is 8. The zero-order valence-corrected chi connectivity index (χ0v) is 20.2. The fourth-order valence-corrected chi connectivity index (χ4v) is 5.12. The van der Waals surface area contributed by atoms with Crippen molar-refractivity contribution in [3.8, 4) is 0 Å². The van der Waals surface area contributed by atoms with Crippen LogP contribution in [0.25, 0.3) is 0 Å². The molecule has 3 fully saturated rings. The Labute approximate surface area is 206 Å². The molecule has 2 N–H and O–H groups in total. The van der Waals surface area contributed by atoms with Crippen molar-refractivity contribution in [2.75, 3.05) is 78.7 Å². The molecule has 2 heterocycles. The summed E-state index contributed by atoms with van der Waals surface area (Å²) in [7, 11) is 0. The van der Waals surface area contributed by atoms with Crippen LogP contribution >= 0.6 is 0 Å². The fraction of sp³-hybridized carbons (Fsp3) is 0.577. The molecule has 1 amide bonds. The van der Waals surface area contributed by atoms with E-state index in [4.69, 9.17) is 9.84 Å². The fourth-order valence-electron chi connectivity index (χ4n) is 5.12. The molecule has 0 spiro atoms. The maximum absolute atomic E-state index is 13.6. The summed E-state index contributed by atoms with van der Waals surface area (Å²) in [5.41, 5.74) is 0.935. The van der Waals surface area contributed by atoms with Gasteiger partial charge in [-0.05, 0) is 5.56 Å². The quantitative estimate of drug-likeness (QED) is 0.228. The van der Waals surface area contributed by atoms with Gasteiger partial charge in [-0.15, -0.1) is 0 Å².